The van der Waals surface area contributed by atoms with Crippen molar-refractivity contribution in [3.8, 4) is 0 Å². The molecule has 13 heavy (non-hydrogen) atoms. The Morgan fingerprint density at radius 2 is 2.00 bits per heavy atom. The summed E-state index contributed by atoms with van der Waals surface area (Å²) < 4.78 is 0. The quantitative estimate of drug-likeness (QED) is 0.550. The van der Waals surface area contributed by atoms with Gasteiger partial charge in [-0.05, 0) is 24.2 Å². The van der Waals surface area contributed by atoms with Crippen molar-refractivity contribution in [2.24, 2.45) is 11.3 Å². The number of aldehydes is 1. The maximum Gasteiger partial charge on any atom is 0.120 e. The standard InChI is InChI=1S/C12H24O/c1-5-6-8-12(3,4)10-11(2)7-9-13/h9,11H,5-8,10H2,1-4H3. The fourth-order valence-electron chi connectivity index (χ4n) is 1.95. The minimum atomic E-state index is 0.415. The highest BCUT2D eigenvalue weighted by atomic mass is 16.1. The van der Waals surface area contributed by atoms with E-state index in [0.29, 0.717) is 11.3 Å². The zero-order valence-electron chi connectivity index (χ0n) is 9.60. The fourth-order valence-corrected chi connectivity index (χ4v) is 1.95. The lowest BCUT2D eigenvalue weighted by Gasteiger charge is -2.27. The highest BCUT2D eigenvalue weighted by molar-refractivity contribution is 5.49. The van der Waals surface area contributed by atoms with Gasteiger partial charge >= 0.3 is 0 Å². The third kappa shape index (κ3) is 6.80. The summed E-state index contributed by atoms with van der Waals surface area (Å²) in [6, 6.07) is 0. The molecule has 78 valence electrons. The molecule has 0 radical (unpaired) electrons. The lowest BCUT2D eigenvalue weighted by molar-refractivity contribution is -0.108. The van der Waals surface area contributed by atoms with Gasteiger partial charge in [-0.15, -0.1) is 0 Å². The third-order valence-electron chi connectivity index (χ3n) is 2.61. The van der Waals surface area contributed by atoms with Crippen molar-refractivity contribution in [1.29, 1.82) is 0 Å². The van der Waals surface area contributed by atoms with E-state index in [4.69, 9.17) is 0 Å². The van der Waals surface area contributed by atoms with Gasteiger partial charge in [-0.3, -0.25) is 0 Å². The van der Waals surface area contributed by atoms with Crippen molar-refractivity contribution < 1.29 is 4.79 Å². The van der Waals surface area contributed by atoms with Crippen LogP contribution in [0.1, 0.15) is 59.8 Å². The number of carbonyl (C=O) groups is 1. The van der Waals surface area contributed by atoms with Gasteiger partial charge in [-0.1, -0.05) is 40.5 Å². The first kappa shape index (κ1) is 12.7. The Balaban J connectivity index is 3.78. The third-order valence-corrected chi connectivity index (χ3v) is 2.61. The fraction of sp³-hybridized carbons (Fsp3) is 0.917. The summed E-state index contributed by atoms with van der Waals surface area (Å²) >= 11 is 0. The van der Waals surface area contributed by atoms with E-state index in [0.717, 1.165) is 12.7 Å². The van der Waals surface area contributed by atoms with E-state index in [2.05, 4.69) is 27.7 Å². The van der Waals surface area contributed by atoms with Crippen molar-refractivity contribution in [3.05, 3.63) is 0 Å². The monoisotopic (exact) mass is 184 g/mol. The van der Waals surface area contributed by atoms with Gasteiger partial charge in [0.1, 0.15) is 6.29 Å². The molecule has 1 heteroatoms. The maximum absolute atomic E-state index is 10.3. The van der Waals surface area contributed by atoms with Gasteiger partial charge < -0.3 is 4.79 Å². The molecule has 0 fully saturated rings. The Morgan fingerprint density at radius 1 is 1.38 bits per heavy atom. The van der Waals surface area contributed by atoms with E-state index in [1.165, 1.54) is 25.7 Å². The molecule has 0 spiro atoms. The summed E-state index contributed by atoms with van der Waals surface area (Å²) in [7, 11) is 0. The highest BCUT2D eigenvalue weighted by Crippen LogP contribution is 2.31. The highest BCUT2D eigenvalue weighted by Gasteiger charge is 2.19. The van der Waals surface area contributed by atoms with Crippen molar-refractivity contribution in [2.75, 3.05) is 0 Å². The molecule has 1 unspecified atom stereocenters. The smallest absolute Gasteiger partial charge is 0.120 e. The number of hydrogen-bond donors (Lipinski definition) is 0. The molecule has 0 heterocycles. The Kier molecular flexibility index (Phi) is 6.02. The molecule has 0 saturated carbocycles. The summed E-state index contributed by atoms with van der Waals surface area (Å²) in [5.74, 6) is 0.546. The van der Waals surface area contributed by atoms with Crippen LogP contribution < -0.4 is 0 Å². The van der Waals surface area contributed by atoms with Crippen LogP contribution in [-0.4, -0.2) is 6.29 Å². The minimum absolute atomic E-state index is 0.415. The van der Waals surface area contributed by atoms with Gasteiger partial charge in [0, 0.05) is 6.42 Å². The lowest BCUT2D eigenvalue weighted by atomic mass is 9.79. The van der Waals surface area contributed by atoms with Crippen molar-refractivity contribution >= 4 is 6.29 Å². The Morgan fingerprint density at radius 3 is 2.46 bits per heavy atom. The number of hydrogen-bond acceptors (Lipinski definition) is 1. The molecule has 0 saturated heterocycles. The Labute approximate surface area is 82.9 Å². The molecule has 0 aliphatic rings. The van der Waals surface area contributed by atoms with Gasteiger partial charge in [-0.25, -0.2) is 0 Å². The van der Waals surface area contributed by atoms with Crippen molar-refractivity contribution in [2.45, 2.75) is 59.8 Å². The summed E-state index contributed by atoms with van der Waals surface area (Å²) in [5, 5.41) is 0. The van der Waals surface area contributed by atoms with Gasteiger partial charge in [0.25, 0.3) is 0 Å². The van der Waals surface area contributed by atoms with Gasteiger partial charge in [-0.2, -0.15) is 0 Å². The van der Waals surface area contributed by atoms with Gasteiger partial charge in [0.05, 0.1) is 0 Å². The van der Waals surface area contributed by atoms with Crippen molar-refractivity contribution in [3.63, 3.8) is 0 Å². The molecule has 0 rings (SSSR count). The minimum Gasteiger partial charge on any atom is -0.303 e. The zero-order valence-corrected chi connectivity index (χ0v) is 9.60. The molecule has 0 aromatic rings. The number of carbonyl (C=O) groups excluding carboxylic acids is 1. The van der Waals surface area contributed by atoms with Gasteiger partial charge in [0.15, 0.2) is 0 Å². The van der Waals surface area contributed by atoms with E-state index in [1.54, 1.807) is 0 Å². The maximum atomic E-state index is 10.3. The molecule has 0 aromatic carbocycles. The average Bonchev–Trinajstić information content (AvgIpc) is 2.00. The summed E-state index contributed by atoms with van der Waals surface area (Å²) in [4.78, 5) is 10.3. The predicted octanol–water partition coefficient (Wildman–Crippen LogP) is 3.82. The van der Waals surface area contributed by atoms with E-state index in [-0.39, 0.29) is 0 Å². The van der Waals surface area contributed by atoms with E-state index >= 15 is 0 Å². The second-order valence-corrected chi connectivity index (χ2v) is 4.98. The zero-order chi connectivity index (χ0) is 10.3. The second-order valence-electron chi connectivity index (χ2n) is 4.98. The van der Waals surface area contributed by atoms with Crippen LogP contribution in [-0.2, 0) is 4.79 Å². The van der Waals surface area contributed by atoms with Crippen LogP contribution >= 0.6 is 0 Å². The first-order chi connectivity index (χ1) is 6.02. The lowest BCUT2D eigenvalue weighted by Crippen LogP contribution is -2.15. The van der Waals surface area contributed by atoms with E-state index in [9.17, 15) is 4.79 Å². The van der Waals surface area contributed by atoms with Crippen LogP contribution in [0.25, 0.3) is 0 Å². The molecule has 1 nitrogen and oxygen atoms in total. The first-order valence-electron chi connectivity index (χ1n) is 5.45. The molecular formula is C12H24O. The summed E-state index contributed by atoms with van der Waals surface area (Å²) in [5.41, 5.74) is 0.415. The van der Waals surface area contributed by atoms with Crippen molar-refractivity contribution in [1.82, 2.24) is 0 Å². The molecule has 0 aliphatic carbocycles. The van der Waals surface area contributed by atoms with Crippen LogP contribution in [0.3, 0.4) is 0 Å². The molecule has 0 N–H and O–H groups in total. The van der Waals surface area contributed by atoms with Crippen LogP contribution in [0.5, 0.6) is 0 Å². The van der Waals surface area contributed by atoms with Crippen LogP contribution in [0.2, 0.25) is 0 Å². The molecule has 1 atom stereocenters. The molecular weight excluding hydrogens is 160 g/mol. The largest absolute Gasteiger partial charge is 0.303 e. The first-order valence-corrected chi connectivity index (χ1v) is 5.45. The van der Waals surface area contributed by atoms with Crippen LogP contribution in [0, 0.1) is 11.3 Å². The van der Waals surface area contributed by atoms with Crippen LogP contribution in [0.15, 0.2) is 0 Å². The number of unbranched alkanes of at least 4 members (excludes halogenated alkanes) is 1. The second kappa shape index (κ2) is 6.17. The SMILES string of the molecule is CCCCC(C)(C)CC(C)CC=O. The molecule has 0 amide bonds. The molecule has 0 bridgehead atoms. The normalized spacial score (nSPS) is 14.2. The predicted molar refractivity (Wildman–Crippen MR) is 57.8 cm³/mol. The Bertz CT molecular complexity index is 138. The van der Waals surface area contributed by atoms with Gasteiger partial charge in [0.2, 0.25) is 0 Å². The molecule has 0 aliphatic heterocycles. The number of rotatable bonds is 7. The topological polar surface area (TPSA) is 17.1 Å². The Hall–Kier alpha value is -0.330. The van der Waals surface area contributed by atoms with E-state index < -0.39 is 0 Å². The summed E-state index contributed by atoms with van der Waals surface area (Å²) in [6.07, 6.45) is 6.79. The average molecular weight is 184 g/mol. The summed E-state index contributed by atoms with van der Waals surface area (Å²) in [6.45, 7) is 9.01. The van der Waals surface area contributed by atoms with E-state index in [1.807, 2.05) is 0 Å². The van der Waals surface area contributed by atoms with Crippen LogP contribution in [0.4, 0.5) is 0 Å². The molecule has 0 aromatic heterocycles.